The van der Waals surface area contributed by atoms with Gasteiger partial charge in [0.2, 0.25) is 0 Å². The van der Waals surface area contributed by atoms with E-state index in [9.17, 15) is 0 Å². The van der Waals surface area contributed by atoms with E-state index in [1.165, 1.54) is 5.56 Å². The molecule has 1 aromatic rings. The van der Waals surface area contributed by atoms with E-state index in [0.29, 0.717) is 0 Å². The first kappa shape index (κ1) is 11.8. The molecular formula is C13H19NO. The molecule has 2 heteroatoms. The van der Waals surface area contributed by atoms with Crippen LogP contribution in [0.5, 0.6) is 5.75 Å². The monoisotopic (exact) mass is 205 g/mol. The largest absolute Gasteiger partial charge is 0.487 e. The van der Waals surface area contributed by atoms with Gasteiger partial charge in [0.25, 0.3) is 0 Å². The highest BCUT2D eigenvalue weighted by molar-refractivity contribution is 5.29. The Morgan fingerprint density at radius 3 is 2.80 bits per heavy atom. The molecule has 2 nitrogen and oxygen atoms in total. The third-order valence-corrected chi connectivity index (χ3v) is 2.11. The minimum Gasteiger partial charge on any atom is -0.487 e. The first-order chi connectivity index (χ1) is 7.11. The molecule has 0 amide bonds. The van der Waals surface area contributed by atoms with Gasteiger partial charge < -0.3 is 10.5 Å². The van der Waals surface area contributed by atoms with Gasteiger partial charge in [0.15, 0.2) is 0 Å². The summed E-state index contributed by atoms with van der Waals surface area (Å²) < 4.78 is 5.63. The van der Waals surface area contributed by atoms with Gasteiger partial charge >= 0.3 is 0 Å². The van der Waals surface area contributed by atoms with Crippen molar-refractivity contribution in [3.05, 3.63) is 42.5 Å². The van der Waals surface area contributed by atoms with Gasteiger partial charge in [0.1, 0.15) is 11.9 Å². The van der Waals surface area contributed by atoms with Crippen molar-refractivity contribution in [3.63, 3.8) is 0 Å². The van der Waals surface area contributed by atoms with Crippen LogP contribution in [-0.4, -0.2) is 12.1 Å². The third-order valence-electron chi connectivity index (χ3n) is 2.11. The maximum atomic E-state index is 5.74. The highest BCUT2D eigenvalue weighted by Crippen LogP contribution is 2.16. The number of nitrogens with two attached hydrogens (primary N) is 1. The molecule has 1 aromatic carbocycles. The molecule has 0 bridgehead atoms. The van der Waals surface area contributed by atoms with Crippen molar-refractivity contribution < 1.29 is 4.74 Å². The van der Waals surface area contributed by atoms with E-state index in [1.54, 1.807) is 6.08 Å². The minimum absolute atomic E-state index is 0.0375. The molecule has 0 saturated carbocycles. The zero-order chi connectivity index (χ0) is 11.3. The third kappa shape index (κ3) is 4.17. The van der Waals surface area contributed by atoms with E-state index >= 15 is 0 Å². The summed E-state index contributed by atoms with van der Waals surface area (Å²) in [6.45, 7) is 7.65. The lowest BCUT2D eigenvalue weighted by molar-refractivity contribution is 0.270. The summed E-state index contributed by atoms with van der Waals surface area (Å²) in [6.07, 6.45) is 2.69. The second-order valence-corrected chi connectivity index (χ2v) is 3.89. The van der Waals surface area contributed by atoms with Gasteiger partial charge in [-0.15, -0.1) is 0 Å². The SMILES string of the molecule is C=CC(C)Oc1cccc(CC(C)N)c1. The van der Waals surface area contributed by atoms with Crippen LogP contribution < -0.4 is 10.5 Å². The Kier molecular flexibility index (Phi) is 4.37. The van der Waals surface area contributed by atoms with E-state index in [2.05, 4.69) is 12.6 Å². The Hall–Kier alpha value is -1.28. The van der Waals surface area contributed by atoms with Crippen LogP contribution >= 0.6 is 0 Å². The van der Waals surface area contributed by atoms with E-state index in [1.807, 2.05) is 32.0 Å². The molecule has 82 valence electrons. The molecule has 0 radical (unpaired) electrons. The zero-order valence-corrected chi connectivity index (χ0v) is 9.44. The van der Waals surface area contributed by atoms with Crippen LogP contribution in [0.2, 0.25) is 0 Å². The molecule has 0 aliphatic rings. The molecule has 0 aliphatic heterocycles. The Morgan fingerprint density at radius 1 is 1.47 bits per heavy atom. The maximum absolute atomic E-state index is 5.74. The lowest BCUT2D eigenvalue weighted by Crippen LogP contribution is -2.17. The second kappa shape index (κ2) is 5.56. The molecule has 0 fully saturated rings. The van der Waals surface area contributed by atoms with Crippen LogP contribution in [0.3, 0.4) is 0 Å². The van der Waals surface area contributed by atoms with Gasteiger partial charge in [-0.2, -0.15) is 0 Å². The Balaban J connectivity index is 2.69. The highest BCUT2D eigenvalue weighted by atomic mass is 16.5. The van der Waals surface area contributed by atoms with Crippen LogP contribution in [0.25, 0.3) is 0 Å². The van der Waals surface area contributed by atoms with Crippen LogP contribution in [0, 0.1) is 0 Å². The van der Waals surface area contributed by atoms with Crippen molar-refractivity contribution in [2.45, 2.75) is 32.4 Å². The van der Waals surface area contributed by atoms with Gasteiger partial charge in [-0.3, -0.25) is 0 Å². The number of hydrogen-bond acceptors (Lipinski definition) is 2. The lowest BCUT2D eigenvalue weighted by atomic mass is 10.1. The molecule has 15 heavy (non-hydrogen) atoms. The van der Waals surface area contributed by atoms with E-state index in [-0.39, 0.29) is 12.1 Å². The number of hydrogen-bond donors (Lipinski definition) is 1. The molecule has 1 rings (SSSR count). The summed E-state index contributed by atoms with van der Waals surface area (Å²) in [6, 6.07) is 8.21. The standard InChI is InChI=1S/C13H19NO/c1-4-11(3)15-13-7-5-6-12(9-13)8-10(2)14/h4-7,9-11H,1,8,14H2,2-3H3. The van der Waals surface area contributed by atoms with Gasteiger partial charge in [-0.1, -0.05) is 24.8 Å². The first-order valence-electron chi connectivity index (χ1n) is 5.25. The first-order valence-corrected chi connectivity index (χ1v) is 5.25. The molecule has 2 atom stereocenters. The fraction of sp³-hybridized carbons (Fsp3) is 0.385. The van der Waals surface area contributed by atoms with Crippen LogP contribution in [0.1, 0.15) is 19.4 Å². The molecule has 2 unspecified atom stereocenters. The van der Waals surface area contributed by atoms with Gasteiger partial charge in [0, 0.05) is 6.04 Å². The quantitative estimate of drug-likeness (QED) is 0.750. The second-order valence-electron chi connectivity index (χ2n) is 3.89. The van der Waals surface area contributed by atoms with Gasteiger partial charge in [-0.25, -0.2) is 0 Å². The van der Waals surface area contributed by atoms with Gasteiger partial charge in [0.05, 0.1) is 0 Å². The number of benzene rings is 1. The Bertz CT molecular complexity index is 320. The van der Waals surface area contributed by atoms with E-state index in [0.717, 1.165) is 12.2 Å². The summed E-state index contributed by atoms with van der Waals surface area (Å²) in [5, 5.41) is 0. The lowest BCUT2D eigenvalue weighted by Gasteiger charge is -2.12. The summed E-state index contributed by atoms with van der Waals surface area (Å²) >= 11 is 0. The maximum Gasteiger partial charge on any atom is 0.120 e. The predicted octanol–water partition coefficient (Wildman–Crippen LogP) is 2.53. The molecule has 0 heterocycles. The van der Waals surface area contributed by atoms with E-state index in [4.69, 9.17) is 10.5 Å². The van der Waals surface area contributed by atoms with Crippen LogP contribution in [0.15, 0.2) is 36.9 Å². The van der Waals surface area contributed by atoms with Crippen LogP contribution in [-0.2, 0) is 6.42 Å². The molecule has 0 aliphatic carbocycles. The molecule has 0 aromatic heterocycles. The summed E-state index contributed by atoms with van der Waals surface area (Å²) in [5.74, 6) is 0.876. The number of ether oxygens (including phenoxy) is 1. The van der Waals surface area contributed by atoms with Crippen LogP contribution in [0.4, 0.5) is 0 Å². The van der Waals surface area contributed by atoms with Crippen molar-refractivity contribution >= 4 is 0 Å². The zero-order valence-electron chi connectivity index (χ0n) is 9.44. The fourth-order valence-electron chi connectivity index (χ4n) is 1.38. The summed E-state index contributed by atoms with van der Waals surface area (Å²) in [5.41, 5.74) is 6.95. The Labute approximate surface area is 91.7 Å². The van der Waals surface area contributed by atoms with Gasteiger partial charge in [-0.05, 0) is 38.0 Å². The normalized spacial score (nSPS) is 14.3. The van der Waals surface area contributed by atoms with Crippen molar-refractivity contribution in [1.82, 2.24) is 0 Å². The average molecular weight is 205 g/mol. The summed E-state index contributed by atoms with van der Waals surface area (Å²) in [4.78, 5) is 0. The number of rotatable bonds is 5. The van der Waals surface area contributed by atoms with Crippen molar-refractivity contribution in [1.29, 1.82) is 0 Å². The molecule has 0 spiro atoms. The van der Waals surface area contributed by atoms with Crippen molar-refractivity contribution in [2.75, 3.05) is 0 Å². The van der Waals surface area contributed by atoms with Crippen molar-refractivity contribution in [2.24, 2.45) is 5.73 Å². The average Bonchev–Trinajstić information content (AvgIpc) is 2.17. The fourth-order valence-corrected chi connectivity index (χ4v) is 1.38. The molecular weight excluding hydrogens is 186 g/mol. The molecule has 0 saturated heterocycles. The minimum atomic E-state index is 0.0375. The predicted molar refractivity (Wildman–Crippen MR) is 64.1 cm³/mol. The molecule has 2 N–H and O–H groups in total. The van der Waals surface area contributed by atoms with E-state index < -0.39 is 0 Å². The summed E-state index contributed by atoms with van der Waals surface area (Å²) in [7, 11) is 0. The smallest absolute Gasteiger partial charge is 0.120 e. The topological polar surface area (TPSA) is 35.2 Å². The Morgan fingerprint density at radius 2 is 2.20 bits per heavy atom. The van der Waals surface area contributed by atoms with Crippen molar-refractivity contribution in [3.8, 4) is 5.75 Å². The highest BCUT2D eigenvalue weighted by Gasteiger charge is 2.02.